The molecule has 5 nitrogen and oxygen atoms in total. The van der Waals surface area contributed by atoms with Crippen LogP contribution in [-0.4, -0.2) is 38.0 Å². The van der Waals surface area contributed by atoms with Crippen molar-refractivity contribution in [3.05, 3.63) is 28.0 Å². The second-order valence-corrected chi connectivity index (χ2v) is 8.10. The van der Waals surface area contributed by atoms with Gasteiger partial charge in [-0.05, 0) is 32.4 Å². The molecular weight excluding hydrogens is 367 g/mol. The van der Waals surface area contributed by atoms with Gasteiger partial charge in [-0.1, -0.05) is 15.9 Å². The van der Waals surface area contributed by atoms with Crippen molar-refractivity contribution in [2.24, 2.45) is 0 Å². The number of rotatable bonds is 6. The summed E-state index contributed by atoms with van der Waals surface area (Å²) in [4.78, 5) is 10.3. The van der Waals surface area contributed by atoms with E-state index in [1.54, 1.807) is 13.8 Å². The first kappa shape index (κ1) is 18.1. The quantitative estimate of drug-likeness (QED) is 0.817. The summed E-state index contributed by atoms with van der Waals surface area (Å²) in [5.41, 5.74) is -1.36. The second-order valence-electron chi connectivity index (χ2n) is 5.10. The molecular formula is C13H16BrFO5S. The number of benzene rings is 1. The highest BCUT2D eigenvalue weighted by molar-refractivity contribution is 9.10. The van der Waals surface area contributed by atoms with Gasteiger partial charge in [-0.2, -0.15) is 0 Å². The maximum Gasteiger partial charge on any atom is 0.338 e. The Kier molecular flexibility index (Phi) is 5.51. The summed E-state index contributed by atoms with van der Waals surface area (Å²) < 4.78 is 43.9. The third-order valence-corrected chi connectivity index (χ3v) is 5.26. The number of halogens is 2. The Hall–Kier alpha value is -0.990. The number of carboxylic acids is 1. The highest BCUT2D eigenvalue weighted by atomic mass is 79.9. The summed E-state index contributed by atoms with van der Waals surface area (Å²) in [5, 5.41) is 8.90. The van der Waals surface area contributed by atoms with Crippen LogP contribution in [0.3, 0.4) is 0 Å². The van der Waals surface area contributed by atoms with E-state index >= 15 is 0 Å². The average molecular weight is 383 g/mol. The molecule has 0 aliphatic rings. The Bertz CT molecular complexity index is 655. The van der Waals surface area contributed by atoms with E-state index in [1.165, 1.54) is 7.11 Å². The predicted molar refractivity (Wildman–Crippen MR) is 78.8 cm³/mol. The van der Waals surface area contributed by atoms with Crippen molar-refractivity contribution in [3.8, 4) is 0 Å². The normalized spacial score (nSPS) is 12.4. The number of methoxy groups -OCH3 is 1. The molecule has 21 heavy (non-hydrogen) atoms. The fraction of sp³-hybridized carbons (Fsp3) is 0.462. The van der Waals surface area contributed by atoms with Crippen molar-refractivity contribution in [2.75, 3.05) is 12.9 Å². The molecule has 0 aliphatic carbocycles. The largest absolute Gasteiger partial charge is 0.478 e. The van der Waals surface area contributed by atoms with Gasteiger partial charge < -0.3 is 9.84 Å². The Morgan fingerprint density at radius 3 is 2.48 bits per heavy atom. The van der Waals surface area contributed by atoms with Gasteiger partial charge >= 0.3 is 5.97 Å². The standard InChI is InChI=1S/C13H16BrFO5S/c1-13(2,20-3)4-5-21(18,19)10-7-8(14)6-9(11(10)15)12(16)17/h6-7H,4-5H2,1-3H3,(H,16,17). The molecule has 0 saturated heterocycles. The van der Waals surface area contributed by atoms with Crippen LogP contribution < -0.4 is 0 Å². The van der Waals surface area contributed by atoms with Gasteiger partial charge in [0.25, 0.3) is 0 Å². The summed E-state index contributed by atoms with van der Waals surface area (Å²) in [6, 6.07) is 2.09. The summed E-state index contributed by atoms with van der Waals surface area (Å²) in [6.07, 6.45) is 0.153. The molecule has 1 aromatic rings. The molecule has 0 spiro atoms. The van der Waals surface area contributed by atoms with E-state index in [2.05, 4.69) is 15.9 Å². The van der Waals surface area contributed by atoms with Crippen molar-refractivity contribution in [1.82, 2.24) is 0 Å². The van der Waals surface area contributed by atoms with Crippen molar-refractivity contribution >= 4 is 31.7 Å². The maximum atomic E-state index is 14.1. The zero-order valence-electron chi connectivity index (χ0n) is 11.8. The van der Waals surface area contributed by atoms with Crippen molar-refractivity contribution in [2.45, 2.75) is 30.8 Å². The Balaban J connectivity index is 3.23. The number of sulfone groups is 1. The van der Waals surface area contributed by atoms with Crippen LogP contribution in [0.4, 0.5) is 4.39 Å². The summed E-state index contributed by atoms with van der Waals surface area (Å²) in [6.45, 7) is 3.42. The zero-order valence-corrected chi connectivity index (χ0v) is 14.2. The predicted octanol–water partition coefficient (Wildman–Crippen LogP) is 2.88. The van der Waals surface area contributed by atoms with Gasteiger partial charge in [0.05, 0.1) is 16.9 Å². The minimum Gasteiger partial charge on any atom is -0.478 e. The molecule has 0 heterocycles. The molecule has 0 fully saturated rings. The van der Waals surface area contributed by atoms with Crippen LogP contribution in [0, 0.1) is 5.82 Å². The highest BCUT2D eigenvalue weighted by Crippen LogP contribution is 2.26. The van der Waals surface area contributed by atoms with Crippen molar-refractivity contribution < 1.29 is 27.4 Å². The zero-order chi connectivity index (χ0) is 16.4. The maximum absolute atomic E-state index is 14.1. The molecule has 118 valence electrons. The van der Waals surface area contributed by atoms with Crippen LogP contribution in [-0.2, 0) is 14.6 Å². The second kappa shape index (κ2) is 6.41. The first-order chi connectivity index (χ1) is 9.50. The van der Waals surface area contributed by atoms with Crippen molar-refractivity contribution in [1.29, 1.82) is 0 Å². The fourth-order valence-corrected chi connectivity index (χ4v) is 3.82. The third-order valence-electron chi connectivity index (χ3n) is 3.09. The summed E-state index contributed by atoms with van der Waals surface area (Å²) >= 11 is 2.99. The number of carboxylic acid groups (broad SMARTS) is 1. The molecule has 8 heteroatoms. The molecule has 1 aromatic carbocycles. The fourth-order valence-electron chi connectivity index (χ4n) is 1.54. The minimum absolute atomic E-state index is 0.153. The molecule has 1 N–H and O–H groups in total. The van der Waals surface area contributed by atoms with Gasteiger partial charge in [0.1, 0.15) is 4.90 Å². The number of carbonyl (C=O) groups is 1. The number of hydrogen-bond acceptors (Lipinski definition) is 4. The first-order valence-corrected chi connectivity index (χ1v) is 8.45. The molecule has 1 rings (SSSR count). The van der Waals surface area contributed by atoms with Crippen LogP contribution in [0.15, 0.2) is 21.5 Å². The third kappa shape index (κ3) is 4.49. The topological polar surface area (TPSA) is 80.7 Å². The minimum atomic E-state index is -3.96. The molecule has 0 atom stereocenters. The van der Waals surface area contributed by atoms with Gasteiger partial charge in [-0.3, -0.25) is 0 Å². The monoisotopic (exact) mass is 382 g/mol. The summed E-state index contributed by atoms with van der Waals surface area (Å²) in [5.74, 6) is -3.12. The lowest BCUT2D eigenvalue weighted by molar-refractivity contribution is 0.0203. The van der Waals surface area contributed by atoms with E-state index in [9.17, 15) is 17.6 Å². The van der Waals surface area contributed by atoms with Gasteiger partial charge in [0.15, 0.2) is 15.7 Å². The van der Waals surface area contributed by atoms with E-state index in [0.717, 1.165) is 12.1 Å². The molecule has 0 aromatic heterocycles. The van der Waals surface area contributed by atoms with Crippen LogP contribution in [0.2, 0.25) is 0 Å². The molecule has 0 bridgehead atoms. The number of hydrogen-bond donors (Lipinski definition) is 1. The lowest BCUT2D eigenvalue weighted by atomic mass is 10.1. The number of ether oxygens (including phenoxy) is 1. The molecule has 0 amide bonds. The molecule has 0 saturated carbocycles. The van der Waals surface area contributed by atoms with Gasteiger partial charge in [-0.15, -0.1) is 0 Å². The Morgan fingerprint density at radius 2 is 2.00 bits per heavy atom. The van der Waals surface area contributed by atoms with E-state index < -0.39 is 37.7 Å². The van der Waals surface area contributed by atoms with Crippen molar-refractivity contribution in [3.63, 3.8) is 0 Å². The SMILES string of the molecule is COC(C)(C)CCS(=O)(=O)c1cc(Br)cc(C(=O)O)c1F. The Labute approximate surface area is 131 Å². The average Bonchev–Trinajstić information content (AvgIpc) is 2.38. The highest BCUT2D eigenvalue weighted by Gasteiger charge is 2.27. The summed E-state index contributed by atoms with van der Waals surface area (Å²) in [7, 11) is -2.51. The smallest absolute Gasteiger partial charge is 0.338 e. The van der Waals surface area contributed by atoms with Gasteiger partial charge in [-0.25, -0.2) is 17.6 Å². The van der Waals surface area contributed by atoms with Crippen LogP contribution >= 0.6 is 15.9 Å². The lowest BCUT2D eigenvalue weighted by Gasteiger charge is -2.22. The van der Waals surface area contributed by atoms with Crippen LogP contribution in [0.25, 0.3) is 0 Å². The first-order valence-electron chi connectivity index (χ1n) is 6.00. The van der Waals surface area contributed by atoms with Crippen LogP contribution in [0.5, 0.6) is 0 Å². The molecule has 0 aliphatic heterocycles. The molecule has 0 unspecified atom stereocenters. The number of aromatic carboxylic acids is 1. The molecule has 0 radical (unpaired) electrons. The van der Waals surface area contributed by atoms with Crippen LogP contribution in [0.1, 0.15) is 30.6 Å². The lowest BCUT2D eigenvalue weighted by Crippen LogP contribution is -2.26. The van der Waals surface area contributed by atoms with E-state index in [1.807, 2.05) is 0 Å². The Morgan fingerprint density at radius 1 is 1.43 bits per heavy atom. The van der Waals surface area contributed by atoms with Gasteiger partial charge in [0, 0.05) is 11.6 Å². The van der Waals surface area contributed by atoms with E-state index in [0.29, 0.717) is 0 Å². The van der Waals surface area contributed by atoms with E-state index in [-0.39, 0.29) is 16.6 Å². The van der Waals surface area contributed by atoms with E-state index in [4.69, 9.17) is 9.84 Å². The van der Waals surface area contributed by atoms with Gasteiger partial charge in [0.2, 0.25) is 0 Å².